The summed E-state index contributed by atoms with van der Waals surface area (Å²) in [6.45, 7) is 7.98. The van der Waals surface area contributed by atoms with Crippen LogP contribution in [-0.2, 0) is 24.2 Å². The second-order valence-corrected chi connectivity index (χ2v) is 8.20. The van der Waals surface area contributed by atoms with Crippen molar-refractivity contribution in [3.8, 4) is 5.75 Å². The van der Waals surface area contributed by atoms with Gasteiger partial charge in [0.2, 0.25) is 5.91 Å². The highest BCUT2D eigenvalue weighted by molar-refractivity contribution is 5.81. The molecule has 2 heterocycles. The minimum Gasteiger partial charge on any atom is -0.493 e. The fraction of sp³-hybridized carbons (Fsp3) is 0.458. The molecular formula is C24H30FN3O2. The third-order valence-corrected chi connectivity index (χ3v) is 6.12. The van der Waals surface area contributed by atoms with E-state index in [1.807, 2.05) is 6.92 Å². The zero-order chi connectivity index (χ0) is 20.9. The average Bonchev–Trinajstić information content (AvgIpc) is 3.23. The minimum absolute atomic E-state index is 0.0594. The molecule has 1 unspecified atom stereocenters. The van der Waals surface area contributed by atoms with E-state index in [-0.39, 0.29) is 17.8 Å². The van der Waals surface area contributed by atoms with E-state index in [4.69, 9.17) is 4.74 Å². The molecule has 0 spiro atoms. The number of nitrogens with one attached hydrogen (secondary N) is 1. The zero-order valence-corrected chi connectivity index (χ0v) is 17.6. The summed E-state index contributed by atoms with van der Waals surface area (Å²) in [5, 5.41) is 3.02. The van der Waals surface area contributed by atoms with Crippen molar-refractivity contribution in [2.75, 3.05) is 39.3 Å². The van der Waals surface area contributed by atoms with Crippen molar-refractivity contribution in [1.82, 2.24) is 15.1 Å². The van der Waals surface area contributed by atoms with E-state index >= 15 is 0 Å². The van der Waals surface area contributed by atoms with E-state index in [1.54, 1.807) is 12.1 Å². The van der Waals surface area contributed by atoms with Crippen molar-refractivity contribution in [2.24, 2.45) is 0 Å². The van der Waals surface area contributed by atoms with Crippen molar-refractivity contribution < 1.29 is 13.9 Å². The number of piperazine rings is 1. The molecule has 30 heavy (non-hydrogen) atoms. The Balaban J connectivity index is 1.19. The maximum atomic E-state index is 13.0. The molecule has 1 saturated heterocycles. The third-order valence-electron chi connectivity index (χ3n) is 6.12. The average molecular weight is 412 g/mol. The number of benzene rings is 2. The van der Waals surface area contributed by atoms with E-state index in [0.717, 1.165) is 57.1 Å². The van der Waals surface area contributed by atoms with E-state index in [9.17, 15) is 9.18 Å². The number of nitrogens with zero attached hydrogens (tertiary/aromatic N) is 2. The Bertz CT molecular complexity index is 863. The lowest BCUT2D eigenvalue weighted by molar-refractivity contribution is -0.126. The Labute approximate surface area is 177 Å². The van der Waals surface area contributed by atoms with Gasteiger partial charge in [0.05, 0.1) is 12.6 Å². The van der Waals surface area contributed by atoms with Gasteiger partial charge in [-0.3, -0.25) is 14.6 Å². The standard InChI is InChI=1S/C24H30FN3O2/c1-18(24(29)26-10-8-19-2-5-22(25)6-3-19)28-13-11-27(12-14-28)17-20-4-7-23-21(16-20)9-15-30-23/h2-7,16,18H,8-15,17H2,1H3,(H,26,29). The Morgan fingerprint density at radius 3 is 2.60 bits per heavy atom. The van der Waals surface area contributed by atoms with Crippen LogP contribution in [0.1, 0.15) is 23.6 Å². The van der Waals surface area contributed by atoms with Gasteiger partial charge in [-0.1, -0.05) is 24.3 Å². The van der Waals surface area contributed by atoms with Gasteiger partial charge < -0.3 is 10.1 Å². The van der Waals surface area contributed by atoms with Crippen LogP contribution in [0.2, 0.25) is 0 Å². The summed E-state index contributed by atoms with van der Waals surface area (Å²) in [7, 11) is 0. The molecule has 1 fully saturated rings. The number of carbonyl (C=O) groups is 1. The Morgan fingerprint density at radius 2 is 1.83 bits per heavy atom. The van der Waals surface area contributed by atoms with Crippen molar-refractivity contribution >= 4 is 5.91 Å². The van der Waals surface area contributed by atoms with Crippen LogP contribution in [0, 0.1) is 5.82 Å². The Hall–Kier alpha value is -2.44. The SMILES string of the molecule is CC(C(=O)NCCc1ccc(F)cc1)N1CCN(Cc2ccc3c(c2)CCO3)CC1. The van der Waals surface area contributed by atoms with Gasteiger partial charge in [-0.2, -0.15) is 0 Å². The highest BCUT2D eigenvalue weighted by atomic mass is 19.1. The topological polar surface area (TPSA) is 44.8 Å². The quantitative estimate of drug-likeness (QED) is 0.761. The maximum Gasteiger partial charge on any atom is 0.237 e. The molecule has 0 aliphatic carbocycles. The highest BCUT2D eigenvalue weighted by Crippen LogP contribution is 2.26. The van der Waals surface area contributed by atoms with Gasteiger partial charge in [0, 0.05) is 45.7 Å². The van der Waals surface area contributed by atoms with Gasteiger partial charge in [0.1, 0.15) is 11.6 Å². The van der Waals surface area contributed by atoms with Crippen LogP contribution in [0.5, 0.6) is 5.75 Å². The number of amides is 1. The minimum atomic E-state index is -0.235. The summed E-state index contributed by atoms with van der Waals surface area (Å²) in [5.74, 6) is 0.854. The van der Waals surface area contributed by atoms with Crippen LogP contribution in [-0.4, -0.2) is 61.1 Å². The molecule has 2 aliphatic rings. The lowest BCUT2D eigenvalue weighted by atomic mass is 10.1. The molecule has 1 atom stereocenters. The molecule has 1 N–H and O–H groups in total. The Morgan fingerprint density at radius 1 is 1.10 bits per heavy atom. The first kappa shape index (κ1) is 20.8. The van der Waals surface area contributed by atoms with Gasteiger partial charge in [0.15, 0.2) is 0 Å². The predicted molar refractivity (Wildman–Crippen MR) is 115 cm³/mol. The second kappa shape index (κ2) is 9.58. The van der Waals surface area contributed by atoms with Gasteiger partial charge in [-0.25, -0.2) is 4.39 Å². The molecule has 0 saturated carbocycles. The zero-order valence-electron chi connectivity index (χ0n) is 17.6. The summed E-state index contributed by atoms with van der Waals surface area (Å²) in [5.41, 5.74) is 3.67. The summed E-state index contributed by atoms with van der Waals surface area (Å²) in [6.07, 6.45) is 1.71. The van der Waals surface area contributed by atoms with Crippen molar-refractivity contribution in [2.45, 2.75) is 32.4 Å². The smallest absolute Gasteiger partial charge is 0.237 e. The van der Waals surface area contributed by atoms with Crippen LogP contribution in [0.4, 0.5) is 4.39 Å². The molecule has 4 rings (SSSR count). The van der Waals surface area contributed by atoms with E-state index in [0.29, 0.717) is 13.0 Å². The lowest BCUT2D eigenvalue weighted by Crippen LogP contribution is -2.53. The fourth-order valence-electron chi connectivity index (χ4n) is 4.20. The molecule has 2 aliphatic heterocycles. The first-order valence-corrected chi connectivity index (χ1v) is 10.8. The van der Waals surface area contributed by atoms with Crippen LogP contribution in [0.15, 0.2) is 42.5 Å². The van der Waals surface area contributed by atoms with Crippen LogP contribution >= 0.6 is 0 Å². The first-order valence-electron chi connectivity index (χ1n) is 10.8. The number of hydrogen-bond donors (Lipinski definition) is 1. The fourth-order valence-corrected chi connectivity index (χ4v) is 4.20. The molecule has 0 bridgehead atoms. The summed E-state index contributed by atoms with van der Waals surface area (Å²) in [4.78, 5) is 17.2. The summed E-state index contributed by atoms with van der Waals surface area (Å²) < 4.78 is 18.6. The lowest BCUT2D eigenvalue weighted by Gasteiger charge is -2.37. The number of hydrogen-bond acceptors (Lipinski definition) is 4. The third kappa shape index (κ3) is 5.18. The van der Waals surface area contributed by atoms with Crippen molar-refractivity contribution in [3.63, 3.8) is 0 Å². The molecular weight excluding hydrogens is 381 g/mol. The summed E-state index contributed by atoms with van der Waals surface area (Å²) >= 11 is 0. The van der Waals surface area contributed by atoms with E-state index < -0.39 is 0 Å². The monoisotopic (exact) mass is 411 g/mol. The summed E-state index contributed by atoms with van der Waals surface area (Å²) in [6, 6.07) is 12.8. The number of halogens is 1. The number of rotatable bonds is 7. The number of fused-ring (bicyclic) bond motifs is 1. The highest BCUT2D eigenvalue weighted by Gasteiger charge is 2.25. The molecule has 6 heteroatoms. The van der Waals surface area contributed by atoms with Crippen molar-refractivity contribution in [3.05, 3.63) is 65.0 Å². The maximum absolute atomic E-state index is 13.0. The number of ether oxygens (including phenoxy) is 1. The predicted octanol–water partition coefficient (Wildman–Crippen LogP) is 2.63. The van der Waals surface area contributed by atoms with Gasteiger partial charge in [0.25, 0.3) is 0 Å². The van der Waals surface area contributed by atoms with E-state index in [1.165, 1.54) is 23.3 Å². The molecule has 160 valence electrons. The van der Waals surface area contributed by atoms with Crippen LogP contribution in [0.25, 0.3) is 0 Å². The van der Waals surface area contributed by atoms with Crippen LogP contribution in [0.3, 0.4) is 0 Å². The van der Waals surface area contributed by atoms with E-state index in [2.05, 4.69) is 33.3 Å². The first-order chi connectivity index (χ1) is 14.6. The van der Waals surface area contributed by atoms with Crippen LogP contribution < -0.4 is 10.1 Å². The molecule has 5 nitrogen and oxygen atoms in total. The van der Waals surface area contributed by atoms with Gasteiger partial charge >= 0.3 is 0 Å². The van der Waals surface area contributed by atoms with Gasteiger partial charge in [-0.15, -0.1) is 0 Å². The molecule has 1 amide bonds. The van der Waals surface area contributed by atoms with Gasteiger partial charge in [-0.05, 0) is 48.2 Å². The van der Waals surface area contributed by atoms with Crippen molar-refractivity contribution in [1.29, 1.82) is 0 Å². The normalized spacial score (nSPS) is 17.9. The Kier molecular flexibility index (Phi) is 6.65. The second-order valence-electron chi connectivity index (χ2n) is 8.20. The molecule has 0 radical (unpaired) electrons. The molecule has 2 aromatic rings. The molecule has 2 aromatic carbocycles. The largest absolute Gasteiger partial charge is 0.493 e. The number of carbonyl (C=O) groups excluding carboxylic acids is 1. The molecule has 0 aromatic heterocycles.